The molecule has 2 aromatic rings. The zero-order valence-electron chi connectivity index (χ0n) is 11.9. The van der Waals surface area contributed by atoms with Crippen LogP contribution in [-0.4, -0.2) is 18.0 Å². The van der Waals surface area contributed by atoms with E-state index in [1.165, 1.54) is 23.3 Å². The number of hydrogen-bond donors (Lipinski definition) is 1. The van der Waals surface area contributed by atoms with Crippen LogP contribution in [0.15, 0.2) is 47.1 Å². The number of benzene rings is 1. The lowest BCUT2D eigenvalue weighted by Gasteiger charge is -2.18. The van der Waals surface area contributed by atoms with Gasteiger partial charge in [0.25, 0.3) is 0 Å². The van der Waals surface area contributed by atoms with Gasteiger partial charge in [-0.3, -0.25) is 0 Å². The van der Waals surface area contributed by atoms with Crippen LogP contribution in [0.25, 0.3) is 0 Å². The summed E-state index contributed by atoms with van der Waals surface area (Å²) in [4.78, 5) is 13.2. The average Bonchev–Trinajstić information content (AvgIpc) is 2.97. The molecule has 0 fully saturated rings. The summed E-state index contributed by atoms with van der Waals surface area (Å²) >= 11 is 0. The topological polar surface area (TPSA) is 45.5 Å². The van der Waals surface area contributed by atoms with E-state index in [9.17, 15) is 18.0 Å². The minimum absolute atomic E-state index is 0.210. The lowest BCUT2D eigenvalue weighted by Crippen LogP contribution is -2.36. The third-order valence-corrected chi connectivity index (χ3v) is 3.04. The van der Waals surface area contributed by atoms with Gasteiger partial charge in [0.2, 0.25) is 0 Å². The molecule has 0 saturated carbocycles. The fourth-order valence-electron chi connectivity index (χ4n) is 1.86. The number of carbonyl (C=O) groups is 1. The van der Waals surface area contributed by atoms with E-state index in [2.05, 4.69) is 5.32 Å². The lowest BCUT2D eigenvalue weighted by molar-refractivity contribution is -0.137. The second-order valence-corrected chi connectivity index (χ2v) is 4.79. The van der Waals surface area contributed by atoms with E-state index in [0.717, 1.165) is 12.1 Å². The van der Waals surface area contributed by atoms with Crippen molar-refractivity contribution in [2.45, 2.75) is 19.3 Å². The Kier molecular flexibility index (Phi) is 4.75. The summed E-state index contributed by atoms with van der Waals surface area (Å²) in [5.74, 6) is 0.622. The maximum Gasteiger partial charge on any atom is 0.416 e. The van der Waals surface area contributed by atoms with Crippen molar-refractivity contribution in [3.05, 3.63) is 59.5 Å². The number of carbonyl (C=O) groups excluding carboxylic acids is 1. The van der Waals surface area contributed by atoms with Crippen molar-refractivity contribution in [1.82, 2.24) is 10.2 Å². The summed E-state index contributed by atoms with van der Waals surface area (Å²) in [6.07, 6.45) is -2.85. The quantitative estimate of drug-likeness (QED) is 0.937. The molecule has 0 spiro atoms. The van der Waals surface area contributed by atoms with Crippen molar-refractivity contribution in [1.29, 1.82) is 0 Å². The largest absolute Gasteiger partial charge is 0.467 e. The summed E-state index contributed by atoms with van der Waals surface area (Å²) in [7, 11) is 1.56. The van der Waals surface area contributed by atoms with Gasteiger partial charge in [0.1, 0.15) is 5.76 Å². The van der Waals surface area contributed by atoms with Gasteiger partial charge in [-0.1, -0.05) is 12.1 Å². The van der Waals surface area contributed by atoms with E-state index in [4.69, 9.17) is 4.42 Å². The molecule has 0 bridgehead atoms. The van der Waals surface area contributed by atoms with Gasteiger partial charge in [0.05, 0.1) is 18.4 Å². The molecule has 22 heavy (non-hydrogen) atoms. The zero-order valence-corrected chi connectivity index (χ0v) is 11.9. The van der Waals surface area contributed by atoms with Crippen LogP contribution in [0.3, 0.4) is 0 Å². The Morgan fingerprint density at radius 2 is 1.91 bits per heavy atom. The van der Waals surface area contributed by atoms with Crippen molar-refractivity contribution in [2.24, 2.45) is 0 Å². The van der Waals surface area contributed by atoms with Crippen LogP contribution in [0.2, 0.25) is 0 Å². The predicted octanol–water partition coefficient (Wildman–Crippen LogP) is 3.64. The van der Waals surface area contributed by atoms with Crippen LogP contribution >= 0.6 is 0 Å². The van der Waals surface area contributed by atoms with E-state index in [1.54, 1.807) is 19.2 Å². The standard InChI is InChI=1S/C15H15F3N2O2/c1-20(14(21)19-9-13-3-2-8-22-13)10-11-4-6-12(7-5-11)15(16,17)18/h2-8H,9-10H2,1H3,(H,19,21). The van der Waals surface area contributed by atoms with Crippen molar-refractivity contribution in [3.8, 4) is 0 Å². The number of nitrogens with zero attached hydrogens (tertiary/aromatic N) is 1. The summed E-state index contributed by atoms with van der Waals surface area (Å²) in [6, 6.07) is 7.84. The van der Waals surface area contributed by atoms with Crippen LogP contribution < -0.4 is 5.32 Å². The minimum Gasteiger partial charge on any atom is -0.467 e. The fraction of sp³-hybridized carbons (Fsp3) is 0.267. The first kappa shape index (κ1) is 15.9. The highest BCUT2D eigenvalue weighted by Crippen LogP contribution is 2.29. The number of amides is 2. The minimum atomic E-state index is -4.36. The highest BCUT2D eigenvalue weighted by Gasteiger charge is 2.29. The van der Waals surface area contributed by atoms with Gasteiger partial charge in [0.15, 0.2) is 0 Å². The Morgan fingerprint density at radius 3 is 2.45 bits per heavy atom. The molecule has 1 N–H and O–H groups in total. The van der Waals surface area contributed by atoms with Crippen molar-refractivity contribution < 1.29 is 22.4 Å². The molecule has 2 amide bonds. The monoisotopic (exact) mass is 312 g/mol. The Morgan fingerprint density at radius 1 is 1.23 bits per heavy atom. The highest BCUT2D eigenvalue weighted by molar-refractivity contribution is 5.73. The SMILES string of the molecule is CN(Cc1ccc(C(F)(F)F)cc1)C(=O)NCc1ccco1. The smallest absolute Gasteiger partial charge is 0.416 e. The van der Waals surface area contributed by atoms with E-state index in [-0.39, 0.29) is 19.1 Å². The number of alkyl halides is 3. The second-order valence-electron chi connectivity index (χ2n) is 4.79. The van der Waals surface area contributed by atoms with Gasteiger partial charge >= 0.3 is 12.2 Å². The summed E-state index contributed by atoms with van der Waals surface area (Å²) < 4.78 is 42.5. The van der Waals surface area contributed by atoms with Gasteiger partial charge in [-0.15, -0.1) is 0 Å². The molecule has 0 saturated heterocycles. The Balaban J connectivity index is 1.88. The average molecular weight is 312 g/mol. The molecule has 1 heterocycles. The van der Waals surface area contributed by atoms with E-state index >= 15 is 0 Å². The molecule has 2 rings (SSSR count). The van der Waals surface area contributed by atoms with Crippen molar-refractivity contribution >= 4 is 6.03 Å². The number of nitrogens with one attached hydrogen (secondary N) is 1. The summed E-state index contributed by atoms with van der Waals surface area (Å²) in [5.41, 5.74) is -0.0928. The van der Waals surface area contributed by atoms with Crippen LogP contribution in [0.1, 0.15) is 16.9 Å². The van der Waals surface area contributed by atoms with Gasteiger partial charge < -0.3 is 14.6 Å². The van der Waals surface area contributed by atoms with E-state index < -0.39 is 11.7 Å². The molecular formula is C15H15F3N2O2. The second kappa shape index (κ2) is 6.55. The molecule has 0 aliphatic heterocycles. The number of furan rings is 1. The molecule has 4 nitrogen and oxygen atoms in total. The normalized spacial score (nSPS) is 11.3. The molecule has 0 aliphatic rings. The maximum atomic E-state index is 12.5. The molecule has 1 aromatic carbocycles. The van der Waals surface area contributed by atoms with Crippen molar-refractivity contribution in [2.75, 3.05) is 7.05 Å². The molecular weight excluding hydrogens is 297 g/mol. The van der Waals surface area contributed by atoms with E-state index in [1.807, 2.05) is 0 Å². The lowest BCUT2D eigenvalue weighted by atomic mass is 10.1. The van der Waals surface area contributed by atoms with Gasteiger partial charge in [0, 0.05) is 13.6 Å². The molecule has 118 valence electrons. The number of hydrogen-bond acceptors (Lipinski definition) is 2. The molecule has 0 radical (unpaired) electrons. The first-order chi connectivity index (χ1) is 10.4. The van der Waals surface area contributed by atoms with Crippen LogP contribution in [-0.2, 0) is 19.3 Å². The first-order valence-electron chi connectivity index (χ1n) is 6.54. The third kappa shape index (κ3) is 4.28. The zero-order chi connectivity index (χ0) is 16.2. The van der Waals surface area contributed by atoms with Gasteiger partial charge in [-0.25, -0.2) is 4.79 Å². The van der Waals surface area contributed by atoms with Crippen LogP contribution in [0.4, 0.5) is 18.0 Å². The predicted molar refractivity (Wildman–Crippen MR) is 73.9 cm³/mol. The maximum absolute atomic E-state index is 12.5. The van der Waals surface area contributed by atoms with Crippen molar-refractivity contribution in [3.63, 3.8) is 0 Å². The molecule has 0 aliphatic carbocycles. The van der Waals surface area contributed by atoms with Crippen LogP contribution in [0.5, 0.6) is 0 Å². The highest BCUT2D eigenvalue weighted by atomic mass is 19.4. The molecule has 1 aromatic heterocycles. The molecule has 7 heteroatoms. The fourth-order valence-corrected chi connectivity index (χ4v) is 1.86. The van der Waals surface area contributed by atoms with Gasteiger partial charge in [-0.2, -0.15) is 13.2 Å². The number of halogens is 3. The Labute approximate surface area is 125 Å². The summed E-state index contributed by atoms with van der Waals surface area (Å²) in [6.45, 7) is 0.464. The first-order valence-corrected chi connectivity index (χ1v) is 6.54. The Bertz CT molecular complexity index is 607. The number of urea groups is 1. The van der Waals surface area contributed by atoms with E-state index in [0.29, 0.717) is 11.3 Å². The van der Waals surface area contributed by atoms with Crippen LogP contribution in [0, 0.1) is 0 Å². The molecule has 0 atom stereocenters. The Hall–Kier alpha value is -2.44. The third-order valence-electron chi connectivity index (χ3n) is 3.04. The molecule has 0 unspecified atom stereocenters. The van der Waals surface area contributed by atoms with Gasteiger partial charge in [-0.05, 0) is 29.8 Å². The number of rotatable bonds is 4. The summed E-state index contributed by atoms with van der Waals surface area (Å²) in [5, 5.41) is 2.65.